The van der Waals surface area contributed by atoms with Crippen LogP contribution in [0.4, 0.5) is 4.39 Å². The molecular weight excluding hydrogens is 395 g/mol. The quantitative estimate of drug-likeness (QED) is 0.489. The minimum atomic E-state index is -0.975. The number of pyridine rings is 1. The molecule has 1 amide bonds. The average Bonchev–Trinajstić information content (AvgIpc) is 2.98. The summed E-state index contributed by atoms with van der Waals surface area (Å²) in [5.74, 6) is -0.792. The first-order valence-corrected chi connectivity index (χ1v) is 9.78. The average molecular weight is 410 g/mol. The number of benzene rings is 2. The molecule has 140 valence electrons. The lowest BCUT2D eigenvalue weighted by Crippen LogP contribution is -2.17. The Morgan fingerprint density at radius 1 is 1.25 bits per heavy atom. The summed E-state index contributed by atoms with van der Waals surface area (Å²) in [6.07, 6.45) is 0.730. The number of hydrogen-bond acceptors (Lipinski definition) is 5. The molecule has 0 radical (unpaired) electrons. The van der Waals surface area contributed by atoms with Gasteiger partial charge < -0.3 is 10.4 Å². The van der Waals surface area contributed by atoms with E-state index in [0.29, 0.717) is 25.7 Å². The van der Waals surface area contributed by atoms with Crippen molar-refractivity contribution in [1.82, 2.24) is 10.3 Å². The number of thioether (sulfide) groups is 1. The molecule has 2 heterocycles. The Kier molecular flexibility index (Phi) is 4.97. The third-order valence-corrected chi connectivity index (χ3v) is 5.55. The van der Waals surface area contributed by atoms with Gasteiger partial charge in [0.2, 0.25) is 0 Å². The van der Waals surface area contributed by atoms with E-state index >= 15 is 4.39 Å². The van der Waals surface area contributed by atoms with Crippen LogP contribution in [0.5, 0.6) is 0 Å². The fourth-order valence-corrected chi connectivity index (χ4v) is 4.21. The highest BCUT2D eigenvalue weighted by atomic mass is 32.2. The Bertz CT molecular complexity index is 1160. The molecule has 7 heteroatoms. The van der Waals surface area contributed by atoms with Crippen LogP contribution >= 0.6 is 24.0 Å². The Hall–Kier alpha value is -2.61. The van der Waals surface area contributed by atoms with Crippen molar-refractivity contribution in [3.05, 3.63) is 70.4 Å². The molecule has 3 aromatic rings. The first-order valence-electron chi connectivity index (χ1n) is 8.55. The van der Waals surface area contributed by atoms with Crippen LogP contribution < -0.4 is 5.32 Å². The van der Waals surface area contributed by atoms with Gasteiger partial charge in [0, 0.05) is 16.5 Å². The molecule has 0 aliphatic carbocycles. The molecule has 1 aromatic heterocycles. The lowest BCUT2D eigenvalue weighted by atomic mass is 9.99. The summed E-state index contributed by atoms with van der Waals surface area (Å²) in [6.45, 7) is 1.54. The highest BCUT2D eigenvalue weighted by molar-refractivity contribution is 8.26. The molecule has 1 unspecified atom stereocenters. The number of thiocarbonyl (C=S) groups is 1. The monoisotopic (exact) mass is 410 g/mol. The van der Waals surface area contributed by atoms with E-state index < -0.39 is 11.9 Å². The van der Waals surface area contributed by atoms with Gasteiger partial charge in [-0.3, -0.25) is 4.79 Å². The van der Waals surface area contributed by atoms with E-state index in [1.54, 1.807) is 42.5 Å². The number of aliphatic hydroxyl groups is 1. The number of rotatable bonds is 3. The van der Waals surface area contributed by atoms with Crippen molar-refractivity contribution in [2.75, 3.05) is 0 Å². The van der Waals surface area contributed by atoms with Gasteiger partial charge in [-0.1, -0.05) is 60.4 Å². The van der Waals surface area contributed by atoms with Gasteiger partial charge in [-0.25, -0.2) is 9.37 Å². The lowest BCUT2D eigenvalue weighted by molar-refractivity contribution is -0.115. The third-order valence-electron chi connectivity index (χ3n) is 4.39. The number of carbonyl (C=O) groups is 1. The van der Waals surface area contributed by atoms with Crippen LogP contribution in [0, 0.1) is 5.82 Å². The molecule has 4 nitrogen and oxygen atoms in total. The summed E-state index contributed by atoms with van der Waals surface area (Å²) < 4.78 is 15.7. The van der Waals surface area contributed by atoms with Crippen molar-refractivity contribution in [2.45, 2.75) is 13.0 Å². The smallest absolute Gasteiger partial charge is 0.263 e. The van der Waals surface area contributed by atoms with Crippen LogP contribution in [0.3, 0.4) is 0 Å². The number of para-hydroxylation sites is 1. The van der Waals surface area contributed by atoms with Gasteiger partial charge in [0.1, 0.15) is 10.0 Å². The Morgan fingerprint density at radius 3 is 2.75 bits per heavy atom. The Balaban J connectivity index is 1.85. The fourth-order valence-electron chi connectivity index (χ4n) is 3.16. The van der Waals surface area contributed by atoms with Crippen molar-refractivity contribution in [3.8, 4) is 11.3 Å². The molecule has 0 bridgehead atoms. The largest absolute Gasteiger partial charge is 0.389 e. The topological polar surface area (TPSA) is 62.2 Å². The van der Waals surface area contributed by atoms with Crippen molar-refractivity contribution < 1.29 is 14.3 Å². The molecule has 1 saturated heterocycles. The minimum Gasteiger partial charge on any atom is -0.389 e. The highest BCUT2D eigenvalue weighted by Gasteiger charge is 2.22. The van der Waals surface area contributed by atoms with Crippen molar-refractivity contribution >= 4 is 51.2 Å². The van der Waals surface area contributed by atoms with Crippen LogP contribution in [-0.4, -0.2) is 20.3 Å². The number of aliphatic hydroxyl groups excluding tert-OH is 1. The SMILES string of the molecule is CC(O)c1c(F)c(-c2cccc(C=C3SC(=S)NC3=O)c2)nc2ccccc12. The summed E-state index contributed by atoms with van der Waals surface area (Å²) in [5, 5.41) is 13.3. The van der Waals surface area contributed by atoms with E-state index in [0.717, 1.165) is 5.56 Å². The zero-order valence-corrected chi connectivity index (χ0v) is 16.4. The molecule has 28 heavy (non-hydrogen) atoms. The Morgan fingerprint density at radius 2 is 2.04 bits per heavy atom. The van der Waals surface area contributed by atoms with Crippen LogP contribution in [-0.2, 0) is 4.79 Å². The van der Waals surface area contributed by atoms with Crippen LogP contribution in [0.2, 0.25) is 0 Å². The molecule has 1 fully saturated rings. The summed E-state index contributed by atoms with van der Waals surface area (Å²) in [7, 11) is 0. The van der Waals surface area contributed by atoms with E-state index in [9.17, 15) is 9.90 Å². The van der Waals surface area contributed by atoms with Crippen LogP contribution in [0.25, 0.3) is 28.2 Å². The zero-order valence-electron chi connectivity index (χ0n) is 14.8. The molecule has 1 atom stereocenters. The maximum absolute atomic E-state index is 15.3. The number of nitrogens with one attached hydrogen (secondary N) is 1. The zero-order chi connectivity index (χ0) is 19.8. The summed E-state index contributed by atoms with van der Waals surface area (Å²) >= 11 is 6.19. The van der Waals surface area contributed by atoms with Gasteiger partial charge in [-0.05, 0) is 30.7 Å². The maximum atomic E-state index is 15.3. The van der Waals surface area contributed by atoms with E-state index in [2.05, 4.69) is 10.3 Å². The van der Waals surface area contributed by atoms with E-state index in [1.807, 2.05) is 12.1 Å². The number of amides is 1. The van der Waals surface area contributed by atoms with Gasteiger partial charge in [0.15, 0.2) is 5.82 Å². The predicted octanol–water partition coefficient (Wildman–Crippen LogP) is 4.58. The predicted molar refractivity (Wildman–Crippen MR) is 114 cm³/mol. The van der Waals surface area contributed by atoms with Gasteiger partial charge in [-0.2, -0.15) is 0 Å². The van der Waals surface area contributed by atoms with Gasteiger partial charge >= 0.3 is 0 Å². The molecule has 2 aromatic carbocycles. The molecule has 4 rings (SSSR count). The second-order valence-electron chi connectivity index (χ2n) is 6.36. The second-order valence-corrected chi connectivity index (χ2v) is 8.08. The van der Waals surface area contributed by atoms with Crippen LogP contribution in [0.15, 0.2) is 53.4 Å². The number of halogens is 1. The number of fused-ring (bicyclic) bond motifs is 1. The van der Waals surface area contributed by atoms with Gasteiger partial charge in [0.25, 0.3) is 5.91 Å². The normalized spacial score (nSPS) is 16.6. The van der Waals surface area contributed by atoms with E-state index in [4.69, 9.17) is 12.2 Å². The minimum absolute atomic E-state index is 0.161. The summed E-state index contributed by atoms with van der Waals surface area (Å²) in [5.41, 5.74) is 2.28. The van der Waals surface area contributed by atoms with Crippen molar-refractivity contribution in [3.63, 3.8) is 0 Å². The van der Waals surface area contributed by atoms with Crippen molar-refractivity contribution in [2.24, 2.45) is 0 Å². The fraction of sp³-hybridized carbons (Fsp3) is 0.0952. The number of aromatic nitrogens is 1. The van der Waals surface area contributed by atoms with Crippen molar-refractivity contribution in [1.29, 1.82) is 0 Å². The molecule has 0 spiro atoms. The summed E-state index contributed by atoms with van der Waals surface area (Å²) in [4.78, 5) is 16.8. The summed E-state index contributed by atoms with van der Waals surface area (Å²) in [6, 6.07) is 14.2. The maximum Gasteiger partial charge on any atom is 0.263 e. The molecule has 2 N–H and O–H groups in total. The van der Waals surface area contributed by atoms with Gasteiger partial charge in [-0.15, -0.1) is 0 Å². The molecule has 1 aliphatic rings. The molecule has 0 saturated carbocycles. The molecule has 1 aliphatic heterocycles. The standard InChI is InChI=1S/C21H15FN2O2S2/c1-11(25)17-14-7-2-3-8-15(14)23-19(18(17)22)13-6-4-5-12(9-13)10-16-20(26)24-21(27)28-16/h2-11,25H,1H3,(H,24,26,27). The first-order chi connectivity index (χ1) is 13.4. The van der Waals surface area contributed by atoms with Gasteiger partial charge in [0.05, 0.1) is 16.5 Å². The van der Waals surface area contributed by atoms with E-state index in [1.165, 1.54) is 18.7 Å². The highest BCUT2D eigenvalue weighted by Crippen LogP contribution is 2.33. The third kappa shape index (κ3) is 3.44. The number of hydrogen-bond donors (Lipinski definition) is 2. The first kappa shape index (κ1) is 18.7. The second kappa shape index (κ2) is 7.43. The number of carbonyl (C=O) groups excluding carboxylic acids is 1. The Labute approximate surface area is 170 Å². The number of nitrogens with zero attached hydrogens (tertiary/aromatic N) is 1. The van der Waals surface area contributed by atoms with Crippen LogP contribution in [0.1, 0.15) is 24.2 Å². The van der Waals surface area contributed by atoms with E-state index in [-0.39, 0.29) is 17.2 Å². The molecular formula is C21H15FN2O2S2. The lowest BCUT2D eigenvalue weighted by Gasteiger charge is -2.14.